The number of carboxylic acid groups (broad SMARTS) is 1. The summed E-state index contributed by atoms with van der Waals surface area (Å²) in [6, 6.07) is 14.8. The van der Waals surface area contributed by atoms with Gasteiger partial charge in [0.1, 0.15) is 18.6 Å². The van der Waals surface area contributed by atoms with Gasteiger partial charge in [0.2, 0.25) is 5.91 Å². The first-order valence-corrected chi connectivity index (χ1v) is 12.6. The van der Waals surface area contributed by atoms with Gasteiger partial charge in [-0.1, -0.05) is 48.5 Å². The molecule has 0 bridgehead atoms. The molecule has 1 fully saturated rings. The number of halogens is 2. The highest BCUT2D eigenvalue weighted by Crippen LogP contribution is 2.54. The van der Waals surface area contributed by atoms with Crippen LogP contribution in [0.1, 0.15) is 23.5 Å². The molecule has 186 valence electrons. The smallest absolute Gasteiger partial charge is 0.407 e. The van der Waals surface area contributed by atoms with Gasteiger partial charge in [-0.25, -0.2) is 13.6 Å². The number of carbonyl (C=O) groups is 3. The van der Waals surface area contributed by atoms with Gasteiger partial charge in [0, 0.05) is 12.5 Å². The summed E-state index contributed by atoms with van der Waals surface area (Å²) < 4.78 is 32.7. The summed E-state index contributed by atoms with van der Waals surface area (Å²) in [4.78, 5) is 36.1. The van der Waals surface area contributed by atoms with Crippen LogP contribution in [0.25, 0.3) is 11.1 Å². The van der Waals surface area contributed by atoms with Gasteiger partial charge in [0.25, 0.3) is 5.92 Å². The van der Waals surface area contributed by atoms with Gasteiger partial charge in [0.15, 0.2) is 0 Å². The second kappa shape index (κ2) is 10.2. The van der Waals surface area contributed by atoms with Crippen molar-refractivity contribution in [2.75, 3.05) is 25.2 Å². The fourth-order valence-electron chi connectivity index (χ4n) is 4.60. The van der Waals surface area contributed by atoms with E-state index in [0.29, 0.717) is 5.75 Å². The first-order chi connectivity index (χ1) is 16.8. The van der Waals surface area contributed by atoms with Crippen molar-refractivity contribution in [1.82, 2.24) is 10.6 Å². The van der Waals surface area contributed by atoms with Crippen LogP contribution in [0, 0.1) is 11.8 Å². The van der Waals surface area contributed by atoms with Crippen molar-refractivity contribution in [2.45, 2.75) is 24.3 Å². The van der Waals surface area contributed by atoms with E-state index in [9.17, 15) is 23.2 Å². The van der Waals surface area contributed by atoms with Crippen molar-refractivity contribution >= 4 is 29.7 Å². The standard InChI is InChI=1S/C25H26F2N2O5S/c1-35-11-10-20(22(30)28-12-19-21(23(31)32)25(19,26)27)29-24(33)34-13-18-16-8-4-2-6-14(16)15-7-3-5-9-17(15)18/h2-9,18-21H,10-13H2,1H3,(H,28,30)(H,29,33)(H,31,32)/t19-,20-,21-/m1/s1. The van der Waals surface area contributed by atoms with Gasteiger partial charge in [-0.15, -0.1) is 0 Å². The van der Waals surface area contributed by atoms with Crippen molar-refractivity contribution in [2.24, 2.45) is 11.8 Å². The maximum absolute atomic E-state index is 13.6. The van der Waals surface area contributed by atoms with E-state index in [0.717, 1.165) is 22.3 Å². The average Bonchev–Trinajstić information content (AvgIpc) is 3.25. The number of fused-ring (bicyclic) bond motifs is 3. The number of aliphatic carboxylic acids is 1. The van der Waals surface area contributed by atoms with Crippen LogP contribution in [0.15, 0.2) is 48.5 Å². The number of hydrogen-bond donors (Lipinski definition) is 3. The molecule has 35 heavy (non-hydrogen) atoms. The van der Waals surface area contributed by atoms with Crippen LogP contribution < -0.4 is 10.6 Å². The van der Waals surface area contributed by atoms with Gasteiger partial charge >= 0.3 is 12.1 Å². The Kier molecular flexibility index (Phi) is 7.30. The average molecular weight is 505 g/mol. The number of carbonyl (C=O) groups excluding carboxylic acids is 2. The van der Waals surface area contributed by atoms with E-state index in [-0.39, 0.29) is 18.9 Å². The molecule has 4 rings (SSSR count). The van der Waals surface area contributed by atoms with E-state index in [1.165, 1.54) is 11.8 Å². The Bertz CT molecular complexity index is 1080. The Morgan fingerprint density at radius 1 is 1.09 bits per heavy atom. The van der Waals surface area contributed by atoms with Crippen LogP contribution >= 0.6 is 11.8 Å². The molecule has 0 heterocycles. The molecule has 3 N–H and O–H groups in total. The van der Waals surface area contributed by atoms with E-state index >= 15 is 0 Å². The molecule has 2 amide bonds. The number of carboxylic acids is 1. The topological polar surface area (TPSA) is 105 Å². The lowest BCUT2D eigenvalue weighted by atomic mass is 9.98. The van der Waals surface area contributed by atoms with Gasteiger partial charge < -0.3 is 20.5 Å². The molecule has 0 aromatic heterocycles. The third-order valence-electron chi connectivity index (χ3n) is 6.53. The predicted molar refractivity (Wildman–Crippen MR) is 128 cm³/mol. The lowest BCUT2D eigenvalue weighted by Crippen LogP contribution is -2.48. The molecule has 2 aliphatic carbocycles. The molecule has 3 atom stereocenters. The second-order valence-corrected chi connectivity index (χ2v) is 9.63. The Morgan fingerprint density at radius 3 is 2.23 bits per heavy atom. The van der Waals surface area contributed by atoms with Crippen LogP contribution in [-0.2, 0) is 14.3 Å². The highest BCUT2D eigenvalue weighted by atomic mass is 32.2. The van der Waals surface area contributed by atoms with E-state index in [2.05, 4.69) is 10.6 Å². The van der Waals surface area contributed by atoms with Crippen LogP contribution in [0.5, 0.6) is 0 Å². The SMILES string of the molecule is CSCC[C@@H](NC(=O)OCC1c2ccccc2-c2ccccc21)C(=O)NC[C@@H]1[C@H](C(=O)O)C1(F)F. The van der Waals surface area contributed by atoms with Crippen LogP contribution in [-0.4, -0.2) is 60.2 Å². The van der Waals surface area contributed by atoms with Gasteiger partial charge in [-0.2, -0.15) is 11.8 Å². The number of alkyl carbamates (subject to hydrolysis) is 1. The molecular formula is C25H26F2N2O5S. The molecule has 0 unspecified atom stereocenters. The van der Waals surface area contributed by atoms with Crippen LogP contribution in [0.2, 0.25) is 0 Å². The molecule has 2 aromatic carbocycles. The van der Waals surface area contributed by atoms with Crippen LogP contribution in [0.3, 0.4) is 0 Å². The third-order valence-corrected chi connectivity index (χ3v) is 7.17. The van der Waals surface area contributed by atoms with Crippen molar-refractivity contribution in [3.63, 3.8) is 0 Å². The highest BCUT2D eigenvalue weighted by Gasteiger charge is 2.72. The molecule has 0 saturated heterocycles. The second-order valence-electron chi connectivity index (χ2n) is 8.65. The minimum Gasteiger partial charge on any atom is -0.481 e. The first-order valence-electron chi connectivity index (χ1n) is 11.2. The molecule has 2 aliphatic rings. The minimum absolute atomic E-state index is 0.0747. The number of benzene rings is 2. The zero-order valence-corrected chi connectivity index (χ0v) is 19.8. The van der Waals surface area contributed by atoms with Gasteiger partial charge in [-0.05, 0) is 40.7 Å². The van der Waals surface area contributed by atoms with Crippen molar-refractivity contribution in [3.8, 4) is 11.1 Å². The Morgan fingerprint density at radius 2 is 1.69 bits per heavy atom. The maximum atomic E-state index is 13.6. The van der Waals surface area contributed by atoms with E-state index in [4.69, 9.17) is 9.84 Å². The largest absolute Gasteiger partial charge is 0.481 e. The van der Waals surface area contributed by atoms with Crippen molar-refractivity contribution < 1.29 is 33.0 Å². The zero-order valence-electron chi connectivity index (χ0n) is 19.0. The molecule has 0 aliphatic heterocycles. The maximum Gasteiger partial charge on any atom is 0.407 e. The lowest BCUT2D eigenvalue weighted by molar-refractivity contribution is -0.141. The number of rotatable bonds is 10. The minimum atomic E-state index is -3.35. The van der Waals surface area contributed by atoms with Crippen LogP contribution in [0.4, 0.5) is 13.6 Å². The molecule has 2 aromatic rings. The summed E-state index contributed by atoms with van der Waals surface area (Å²) >= 11 is 1.46. The molecule has 1 saturated carbocycles. The normalized spacial score (nSPS) is 20.3. The summed E-state index contributed by atoms with van der Waals surface area (Å²) in [5.74, 6) is -8.46. The number of thioether (sulfide) groups is 1. The number of alkyl halides is 2. The monoisotopic (exact) mass is 504 g/mol. The summed E-state index contributed by atoms with van der Waals surface area (Å²) in [6.45, 7) is -0.406. The van der Waals surface area contributed by atoms with Crippen molar-refractivity contribution in [1.29, 1.82) is 0 Å². The molecular weight excluding hydrogens is 478 g/mol. The molecule has 0 radical (unpaired) electrons. The summed E-state index contributed by atoms with van der Waals surface area (Å²) in [6.07, 6.45) is 1.32. The Labute approximate surface area is 205 Å². The molecule has 10 heteroatoms. The summed E-state index contributed by atoms with van der Waals surface area (Å²) in [5.41, 5.74) is 4.28. The summed E-state index contributed by atoms with van der Waals surface area (Å²) in [7, 11) is 0. The summed E-state index contributed by atoms with van der Waals surface area (Å²) in [5, 5.41) is 13.8. The van der Waals surface area contributed by atoms with E-state index in [1.54, 1.807) is 0 Å². The quantitative estimate of drug-likeness (QED) is 0.456. The van der Waals surface area contributed by atoms with E-state index < -0.39 is 48.3 Å². The van der Waals surface area contributed by atoms with E-state index in [1.807, 2.05) is 54.8 Å². The number of ether oxygens (including phenoxy) is 1. The first kappa shape index (κ1) is 25.0. The predicted octanol–water partition coefficient (Wildman–Crippen LogP) is 3.73. The zero-order chi connectivity index (χ0) is 25.2. The van der Waals surface area contributed by atoms with Gasteiger partial charge in [0.05, 0.1) is 5.92 Å². The fraction of sp³-hybridized carbons (Fsp3) is 0.400. The highest BCUT2D eigenvalue weighted by molar-refractivity contribution is 7.98. The van der Waals surface area contributed by atoms with Crippen molar-refractivity contribution in [3.05, 3.63) is 59.7 Å². The molecule has 0 spiro atoms. The third kappa shape index (κ3) is 5.12. The number of nitrogens with one attached hydrogen (secondary N) is 2. The lowest BCUT2D eigenvalue weighted by Gasteiger charge is -2.19. The van der Waals surface area contributed by atoms with Gasteiger partial charge in [-0.3, -0.25) is 9.59 Å². The number of amides is 2. The number of hydrogen-bond acceptors (Lipinski definition) is 5. The Hall–Kier alpha value is -3.14. The Balaban J connectivity index is 1.35. The molecule has 7 nitrogen and oxygen atoms in total. The fourth-order valence-corrected chi connectivity index (χ4v) is 5.07.